The van der Waals surface area contributed by atoms with Crippen molar-refractivity contribution in [3.8, 4) is 0 Å². The van der Waals surface area contributed by atoms with Gasteiger partial charge in [0.15, 0.2) is 0 Å². The number of aliphatic carboxylic acids is 1. The number of carbonyl (C=O) groups is 2. The Labute approximate surface area is 119 Å². The highest BCUT2D eigenvalue weighted by atomic mass is 32.2. The summed E-state index contributed by atoms with van der Waals surface area (Å²) in [4.78, 5) is 23.1. The van der Waals surface area contributed by atoms with Crippen molar-refractivity contribution in [2.75, 3.05) is 12.8 Å². The Morgan fingerprint density at radius 2 is 1.80 bits per heavy atom. The van der Waals surface area contributed by atoms with E-state index in [1.807, 2.05) is 0 Å². The van der Waals surface area contributed by atoms with Gasteiger partial charge in [0.2, 0.25) is 15.9 Å². The molecule has 1 aliphatic rings. The minimum atomic E-state index is -3.37. The van der Waals surface area contributed by atoms with Crippen molar-refractivity contribution in [3.63, 3.8) is 0 Å². The second-order valence-corrected chi connectivity index (χ2v) is 7.71. The van der Waals surface area contributed by atoms with E-state index in [0.717, 1.165) is 12.7 Å². The number of carboxylic acids is 1. The van der Waals surface area contributed by atoms with Gasteiger partial charge in [0.05, 0.1) is 18.1 Å². The van der Waals surface area contributed by atoms with Gasteiger partial charge < -0.3 is 10.4 Å². The highest BCUT2D eigenvalue weighted by Gasteiger charge is 2.38. The highest BCUT2D eigenvalue weighted by molar-refractivity contribution is 7.88. The number of carboxylic acid groups (broad SMARTS) is 1. The van der Waals surface area contributed by atoms with Gasteiger partial charge in [0, 0.05) is 12.1 Å². The molecule has 1 amide bonds. The van der Waals surface area contributed by atoms with Crippen LogP contribution in [0.5, 0.6) is 0 Å². The normalized spacial score (nSPS) is 23.6. The average Bonchev–Trinajstić information content (AvgIpc) is 2.71. The first kappa shape index (κ1) is 16.9. The molecule has 1 fully saturated rings. The Morgan fingerprint density at radius 1 is 1.25 bits per heavy atom. The van der Waals surface area contributed by atoms with Crippen molar-refractivity contribution in [3.05, 3.63) is 0 Å². The SMILES string of the molecule is CC(C)(CNC(=O)[C@@H]1CCC[C@@H]1C(=O)O)NS(C)(=O)=O. The Bertz CT molecular complexity index is 486. The summed E-state index contributed by atoms with van der Waals surface area (Å²) in [5, 5.41) is 11.7. The number of sulfonamides is 1. The maximum absolute atomic E-state index is 12.0. The third-order valence-corrected chi connectivity index (χ3v) is 4.26. The monoisotopic (exact) mass is 306 g/mol. The maximum atomic E-state index is 12.0. The number of nitrogens with one attached hydrogen (secondary N) is 2. The molecule has 1 rings (SSSR count). The standard InChI is InChI=1S/C12H22N2O5S/c1-12(2,14-20(3,18)19)7-13-10(15)8-5-4-6-9(8)11(16)17/h8-9,14H,4-7H2,1-3H3,(H,13,15)(H,16,17)/t8-,9+/m1/s1. The van der Waals surface area contributed by atoms with Gasteiger partial charge in [0.1, 0.15) is 0 Å². The Kier molecular flexibility index (Phi) is 5.15. The van der Waals surface area contributed by atoms with Gasteiger partial charge in [-0.2, -0.15) is 0 Å². The topological polar surface area (TPSA) is 113 Å². The molecule has 0 aromatic carbocycles. The molecule has 0 unspecified atom stereocenters. The fourth-order valence-corrected chi connectivity index (χ4v) is 3.62. The van der Waals surface area contributed by atoms with E-state index in [4.69, 9.17) is 5.11 Å². The van der Waals surface area contributed by atoms with Gasteiger partial charge in [-0.1, -0.05) is 6.42 Å². The van der Waals surface area contributed by atoms with E-state index in [1.165, 1.54) is 0 Å². The summed E-state index contributed by atoms with van der Waals surface area (Å²) >= 11 is 0. The number of amides is 1. The quantitative estimate of drug-likeness (QED) is 0.636. The van der Waals surface area contributed by atoms with Crippen molar-refractivity contribution in [2.45, 2.75) is 38.6 Å². The zero-order valence-electron chi connectivity index (χ0n) is 12.0. The van der Waals surface area contributed by atoms with Crippen LogP contribution in [0.3, 0.4) is 0 Å². The molecule has 1 saturated carbocycles. The summed E-state index contributed by atoms with van der Waals surface area (Å²) in [6.07, 6.45) is 2.84. The van der Waals surface area contributed by atoms with Crippen LogP contribution in [0.1, 0.15) is 33.1 Å². The van der Waals surface area contributed by atoms with E-state index in [2.05, 4.69) is 10.0 Å². The van der Waals surface area contributed by atoms with Crippen LogP contribution in [0.25, 0.3) is 0 Å². The minimum Gasteiger partial charge on any atom is -0.481 e. The van der Waals surface area contributed by atoms with Crippen LogP contribution in [-0.4, -0.2) is 43.7 Å². The molecule has 2 atom stereocenters. The molecule has 20 heavy (non-hydrogen) atoms. The van der Waals surface area contributed by atoms with Gasteiger partial charge >= 0.3 is 5.97 Å². The molecule has 0 aromatic heterocycles. The molecule has 0 saturated heterocycles. The zero-order chi connectivity index (χ0) is 15.6. The number of carbonyl (C=O) groups excluding carboxylic acids is 1. The fraction of sp³-hybridized carbons (Fsp3) is 0.833. The molecular weight excluding hydrogens is 284 g/mol. The first-order valence-electron chi connectivity index (χ1n) is 6.51. The fourth-order valence-electron chi connectivity index (χ4n) is 2.55. The Balaban J connectivity index is 2.57. The molecule has 0 heterocycles. The predicted molar refractivity (Wildman–Crippen MR) is 73.5 cm³/mol. The minimum absolute atomic E-state index is 0.113. The lowest BCUT2D eigenvalue weighted by molar-refractivity contribution is -0.146. The zero-order valence-corrected chi connectivity index (χ0v) is 12.8. The predicted octanol–water partition coefficient (Wildman–Crippen LogP) is -0.0687. The summed E-state index contributed by atoms with van der Waals surface area (Å²) in [6.45, 7) is 3.41. The van der Waals surface area contributed by atoms with E-state index in [9.17, 15) is 18.0 Å². The van der Waals surface area contributed by atoms with Crippen molar-refractivity contribution in [1.82, 2.24) is 10.0 Å². The molecule has 0 aliphatic heterocycles. The smallest absolute Gasteiger partial charge is 0.307 e. The summed E-state index contributed by atoms with van der Waals surface area (Å²) < 4.78 is 24.8. The molecular formula is C12H22N2O5S. The van der Waals surface area contributed by atoms with Crippen LogP contribution in [-0.2, 0) is 19.6 Å². The first-order chi connectivity index (χ1) is 9.02. The highest BCUT2D eigenvalue weighted by Crippen LogP contribution is 2.32. The number of hydrogen-bond acceptors (Lipinski definition) is 4. The number of rotatable bonds is 6. The van der Waals surface area contributed by atoms with Crippen molar-refractivity contribution >= 4 is 21.9 Å². The summed E-state index contributed by atoms with van der Waals surface area (Å²) in [7, 11) is -3.37. The van der Waals surface area contributed by atoms with Gasteiger partial charge in [-0.3, -0.25) is 9.59 Å². The molecule has 8 heteroatoms. The second kappa shape index (κ2) is 6.09. The molecule has 0 bridgehead atoms. The lowest BCUT2D eigenvalue weighted by Crippen LogP contribution is -2.52. The van der Waals surface area contributed by atoms with Crippen molar-refractivity contribution in [2.24, 2.45) is 11.8 Å². The molecule has 7 nitrogen and oxygen atoms in total. The van der Waals surface area contributed by atoms with Gasteiger partial charge in [-0.15, -0.1) is 0 Å². The summed E-state index contributed by atoms with van der Waals surface area (Å²) in [5.74, 6) is -2.43. The third kappa shape index (κ3) is 5.09. The van der Waals surface area contributed by atoms with E-state index < -0.39 is 33.4 Å². The number of hydrogen-bond donors (Lipinski definition) is 3. The van der Waals surface area contributed by atoms with Crippen LogP contribution in [0.4, 0.5) is 0 Å². The third-order valence-electron chi connectivity index (χ3n) is 3.34. The van der Waals surface area contributed by atoms with Crippen molar-refractivity contribution in [1.29, 1.82) is 0 Å². The molecule has 3 N–H and O–H groups in total. The van der Waals surface area contributed by atoms with Crippen LogP contribution in [0.15, 0.2) is 0 Å². The van der Waals surface area contributed by atoms with Gasteiger partial charge in [0.25, 0.3) is 0 Å². The van der Waals surface area contributed by atoms with Gasteiger partial charge in [-0.25, -0.2) is 13.1 Å². The molecule has 0 spiro atoms. The lowest BCUT2D eigenvalue weighted by atomic mass is 9.95. The van der Waals surface area contributed by atoms with Crippen LogP contribution < -0.4 is 10.0 Å². The Morgan fingerprint density at radius 3 is 2.30 bits per heavy atom. The first-order valence-corrected chi connectivity index (χ1v) is 8.40. The van der Waals surface area contributed by atoms with E-state index >= 15 is 0 Å². The van der Waals surface area contributed by atoms with E-state index in [1.54, 1.807) is 13.8 Å². The molecule has 0 radical (unpaired) electrons. The Hall–Kier alpha value is -1.15. The van der Waals surface area contributed by atoms with E-state index in [0.29, 0.717) is 12.8 Å². The van der Waals surface area contributed by atoms with Crippen LogP contribution in [0, 0.1) is 11.8 Å². The maximum Gasteiger partial charge on any atom is 0.307 e. The molecule has 116 valence electrons. The largest absolute Gasteiger partial charge is 0.481 e. The van der Waals surface area contributed by atoms with E-state index in [-0.39, 0.29) is 12.5 Å². The molecule has 1 aliphatic carbocycles. The summed E-state index contributed by atoms with van der Waals surface area (Å²) in [6, 6.07) is 0. The average molecular weight is 306 g/mol. The van der Waals surface area contributed by atoms with Crippen LogP contribution in [0.2, 0.25) is 0 Å². The van der Waals surface area contributed by atoms with Gasteiger partial charge in [-0.05, 0) is 26.7 Å². The van der Waals surface area contributed by atoms with Crippen LogP contribution >= 0.6 is 0 Å². The summed E-state index contributed by atoms with van der Waals surface area (Å²) in [5.41, 5.74) is -0.819. The molecule has 0 aromatic rings. The van der Waals surface area contributed by atoms with Crippen molar-refractivity contribution < 1.29 is 23.1 Å². The lowest BCUT2D eigenvalue weighted by Gasteiger charge is -2.26. The second-order valence-electron chi connectivity index (χ2n) is 5.96.